The van der Waals surface area contributed by atoms with Crippen LogP contribution >= 0.6 is 11.3 Å². The maximum absolute atomic E-state index is 11.7. The van der Waals surface area contributed by atoms with Crippen molar-refractivity contribution < 1.29 is 13.2 Å². The van der Waals surface area contributed by atoms with E-state index in [9.17, 15) is 13.2 Å². The van der Waals surface area contributed by atoms with Crippen LogP contribution in [0, 0.1) is 0 Å². The van der Waals surface area contributed by atoms with E-state index < -0.39 is 9.84 Å². The third-order valence-electron chi connectivity index (χ3n) is 2.27. The highest BCUT2D eigenvalue weighted by atomic mass is 32.2. The van der Waals surface area contributed by atoms with Crippen molar-refractivity contribution in [1.29, 1.82) is 0 Å². The summed E-state index contributed by atoms with van der Waals surface area (Å²) in [5.74, 6) is 0.0437. The molecule has 1 N–H and O–H groups in total. The molecule has 1 aromatic heterocycles. The molecule has 1 aromatic rings. The average Bonchev–Trinajstić information content (AvgIpc) is 2.55. The molecule has 16 heavy (non-hydrogen) atoms. The van der Waals surface area contributed by atoms with Gasteiger partial charge < -0.3 is 5.32 Å². The van der Waals surface area contributed by atoms with Crippen molar-refractivity contribution in [3.63, 3.8) is 0 Å². The fraction of sp³-hybridized carbons (Fsp3) is 0.500. The molecule has 0 aromatic carbocycles. The second-order valence-corrected chi connectivity index (χ2v) is 7.42. The van der Waals surface area contributed by atoms with Gasteiger partial charge >= 0.3 is 0 Å². The molecule has 0 atom stereocenters. The summed E-state index contributed by atoms with van der Waals surface area (Å²) in [7, 11) is -2.95. The number of sulfone groups is 1. The summed E-state index contributed by atoms with van der Waals surface area (Å²) in [6.45, 7) is 3.79. The molecule has 2 heterocycles. The lowest BCUT2D eigenvalue weighted by molar-refractivity contribution is 0.0947. The van der Waals surface area contributed by atoms with Crippen molar-refractivity contribution in [1.82, 2.24) is 5.32 Å². The second-order valence-electron chi connectivity index (χ2n) is 4.22. The topological polar surface area (TPSA) is 63.2 Å². The molecule has 0 saturated heterocycles. The van der Waals surface area contributed by atoms with Crippen LogP contribution in [0.5, 0.6) is 0 Å². The minimum absolute atomic E-state index is 0.0772. The molecule has 2 rings (SSSR count). The van der Waals surface area contributed by atoms with Gasteiger partial charge in [-0.3, -0.25) is 4.79 Å². The van der Waals surface area contributed by atoms with Crippen molar-refractivity contribution in [2.24, 2.45) is 0 Å². The van der Waals surface area contributed by atoms with E-state index in [1.54, 1.807) is 6.07 Å². The third-order valence-corrected chi connectivity index (χ3v) is 5.10. The number of hydrogen-bond acceptors (Lipinski definition) is 4. The van der Waals surface area contributed by atoms with E-state index in [0.717, 1.165) is 10.4 Å². The van der Waals surface area contributed by atoms with Crippen molar-refractivity contribution in [2.75, 3.05) is 0 Å². The van der Waals surface area contributed by atoms with Gasteiger partial charge in [-0.1, -0.05) is 0 Å². The van der Waals surface area contributed by atoms with Gasteiger partial charge in [0.15, 0.2) is 9.84 Å². The van der Waals surface area contributed by atoms with Crippen molar-refractivity contribution >= 4 is 27.1 Å². The van der Waals surface area contributed by atoms with Crippen LogP contribution in [0.2, 0.25) is 0 Å². The Morgan fingerprint density at radius 1 is 1.44 bits per heavy atom. The van der Waals surface area contributed by atoms with Gasteiger partial charge in [-0.25, -0.2) is 8.42 Å². The molecule has 1 amide bonds. The summed E-state index contributed by atoms with van der Waals surface area (Å²) < 4.78 is 22.6. The van der Waals surface area contributed by atoms with E-state index >= 15 is 0 Å². The minimum Gasteiger partial charge on any atom is -0.349 e. The molecule has 0 fully saturated rings. The highest BCUT2D eigenvalue weighted by Crippen LogP contribution is 2.32. The molecule has 1 aliphatic rings. The number of nitrogens with one attached hydrogen (secondary N) is 1. The number of carbonyl (C=O) groups is 1. The Labute approximate surface area is 98.6 Å². The Balaban J connectivity index is 2.21. The molecular weight excluding hydrogens is 246 g/mol. The van der Waals surface area contributed by atoms with Crippen LogP contribution in [0.3, 0.4) is 0 Å². The normalized spacial score (nSPS) is 17.4. The first-order valence-corrected chi connectivity index (χ1v) is 7.64. The van der Waals surface area contributed by atoms with E-state index in [1.165, 1.54) is 11.3 Å². The summed E-state index contributed by atoms with van der Waals surface area (Å²) in [6, 6.07) is 1.79. The average molecular weight is 259 g/mol. The molecular formula is C10H13NO3S2. The predicted octanol–water partition coefficient (Wildman–Crippen LogP) is 1.31. The summed E-state index contributed by atoms with van der Waals surface area (Å²) in [4.78, 5) is 13.1. The van der Waals surface area contributed by atoms with Gasteiger partial charge in [0.1, 0.15) is 0 Å². The molecule has 1 aliphatic heterocycles. The van der Waals surface area contributed by atoms with Crippen LogP contribution in [0.4, 0.5) is 0 Å². The van der Waals surface area contributed by atoms with Crippen LogP contribution < -0.4 is 5.32 Å². The van der Waals surface area contributed by atoms with Gasteiger partial charge in [-0.05, 0) is 25.5 Å². The smallest absolute Gasteiger partial charge is 0.261 e. The standard InChI is InChI=1S/C10H13NO3S2/c1-6(2)11-10(12)8-3-7-4-16(13,14)5-9(7)15-8/h3,6H,4-5H2,1-2H3,(H,11,12). The fourth-order valence-corrected chi connectivity index (χ4v) is 4.81. The van der Waals surface area contributed by atoms with Crippen LogP contribution in [-0.2, 0) is 21.3 Å². The zero-order chi connectivity index (χ0) is 11.9. The molecule has 0 radical (unpaired) electrons. The van der Waals surface area contributed by atoms with Crippen LogP contribution in [0.15, 0.2) is 6.07 Å². The maximum Gasteiger partial charge on any atom is 0.261 e. The van der Waals surface area contributed by atoms with Crippen LogP contribution in [0.25, 0.3) is 0 Å². The number of fused-ring (bicyclic) bond motifs is 1. The van der Waals surface area contributed by atoms with E-state index in [0.29, 0.717) is 4.88 Å². The predicted molar refractivity (Wildman–Crippen MR) is 63.2 cm³/mol. The Hall–Kier alpha value is -0.880. The molecule has 6 heteroatoms. The van der Waals surface area contributed by atoms with Crippen molar-refractivity contribution in [3.8, 4) is 0 Å². The Bertz CT molecular complexity index is 499. The monoisotopic (exact) mass is 259 g/mol. The lowest BCUT2D eigenvalue weighted by Gasteiger charge is -2.05. The van der Waals surface area contributed by atoms with E-state index in [2.05, 4.69) is 5.32 Å². The molecule has 0 saturated carbocycles. The Morgan fingerprint density at radius 2 is 2.12 bits per heavy atom. The van der Waals surface area contributed by atoms with Crippen LogP contribution in [-0.4, -0.2) is 20.4 Å². The molecule has 0 spiro atoms. The zero-order valence-electron chi connectivity index (χ0n) is 9.11. The quantitative estimate of drug-likeness (QED) is 0.871. The highest BCUT2D eigenvalue weighted by molar-refractivity contribution is 7.90. The lowest BCUT2D eigenvalue weighted by atomic mass is 10.3. The Morgan fingerprint density at radius 3 is 2.69 bits per heavy atom. The van der Waals surface area contributed by atoms with E-state index in [1.807, 2.05) is 13.8 Å². The van der Waals surface area contributed by atoms with Gasteiger partial charge in [0, 0.05) is 10.9 Å². The number of rotatable bonds is 2. The maximum atomic E-state index is 11.7. The third kappa shape index (κ3) is 2.27. The number of hydrogen-bond donors (Lipinski definition) is 1. The summed E-state index contributed by atoms with van der Waals surface area (Å²) in [5, 5.41) is 2.79. The van der Waals surface area contributed by atoms with Gasteiger partial charge in [0.05, 0.1) is 16.4 Å². The van der Waals surface area contributed by atoms with Gasteiger partial charge in [-0.15, -0.1) is 11.3 Å². The molecule has 4 nitrogen and oxygen atoms in total. The first kappa shape index (κ1) is 11.6. The fourth-order valence-electron chi connectivity index (χ4n) is 1.64. The molecule has 88 valence electrons. The zero-order valence-corrected chi connectivity index (χ0v) is 10.7. The first-order chi connectivity index (χ1) is 7.37. The van der Waals surface area contributed by atoms with Gasteiger partial charge in [0.2, 0.25) is 0 Å². The number of carbonyl (C=O) groups excluding carboxylic acids is 1. The second kappa shape index (κ2) is 3.85. The molecule has 0 bridgehead atoms. The summed E-state index contributed by atoms with van der Waals surface area (Å²) >= 11 is 1.28. The number of amides is 1. The van der Waals surface area contributed by atoms with E-state index in [4.69, 9.17) is 0 Å². The largest absolute Gasteiger partial charge is 0.349 e. The first-order valence-electron chi connectivity index (χ1n) is 5.00. The van der Waals surface area contributed by atoms with Crippen molar-refractivity contribution in [2.45, 2.75) is 31.4 Å². The van der Waals surface area contributed by atoms with Gasteiger partial charge in [-0.2, -0.15) is 0 Å². The van der Waals surface area contributed by atoms with Crippen LogP contribution in [0.1, 0.15) is 34.0 Å². The number of thiophene rings is 1. The minimum atomic E-state index is -2.95. The lowest BCUT2D eigenvalue weighted by Crippen LogP contribution is -2.29. The van der Waals surface area contributed by atoms with Crippen molar-refractivity contribution in [3.05, 3.63) is 21.4 Å². The van der Waals surface area contributed by atoms with E-state index in [-0.39, 0.29) is 23.5 Å². The molecule has 0 unspecified atom stereocenters. The highest BCUT2D eigenvalue weighted by Gasteiger charge is 2.28. The summed E-state index contributed by atoms with van der Waals surface area (Å²) in [5.41, 5.74) is 0.791. The van der Waals surface area contributed by atoms with Gasteiger partial charge in [0.25, 0.3) is 5.91 Å². The SMILES string of the molecule is CC(C)NC(=O)c1cc2c(s1)CS(=O)(=O)C2. The summed E-state index contributed by atoms with van der Waals surface area (Å²) in [6.07, 6.45) is 0. The molecule has 0 aliphatic carbocycles. The Kier molecular flexibility index (Phi) is 2.79.